The first-order valence-corrected chi connectivity index (χ1v) is 5.34. The summed E-state index contributed by atoms with van der Waals surface area (Å²) in [6, 6.07) is 7.65. The van der Waals surface area contributed by atoms with E-state index in [0.717, 1.165) is 29.9 Å². The van der Waals surface area contributed by atoms with Gasteiger partial charge in [0, 0.05) is 11.3 Å². The van der Waals surface area contributed by atoms with Crippen LogP contribution in [0.3, 0.4) is 0 Å². The quantitative estimate of drug-likeness (QED) is 0.769. The van der Waals surface area contributed by atoms with Crippen molar-refractivity contribution < 1.29 is 0 Å². The van der Waals surface area contributed by atoms with E-state index in [1.165, 1.54) is 0 Å². The molecule has 16 heavy (non-hydrogen) atoms. The minimum atomic E-state index is 0.101. The smallest absolute Gasteiger partial charge is 0.182 e. The van der Waals surface area contributed by atoms with Crippen molar-refractivity contribution >= 4 is 5.69 Å². The Morgan fingerprint density at radius 1 is 1.38 bits per heavy atom. The highest BCUT2D eigenvalue weighted by Crippen LogP contribution is 2.43. The standard InChI is InChI=1S/C11H13N5/c1-11(5-6-11)16-10(13-14-15-16)8-3-2-4-9(12)7-8/h2-4,7H,5-6,12H2,1H3. The van der Waals surface area contributed by atoms with Gasteiger partial charge in [0.25, 0.3) is 0 Å². The van der Waals surface area contributed by atoms with E-state index in [1.54, 1.807) is 0 Å². The number of nitrogens with two attached hydrogens (primary N) is 1. The van der Waals surface area contributed by atoms with Gasteiger partial charge in [-0.1, -0.05) is 12.1 Å². The van der Waals surface area contributed by atoms with Gasteiger partial charge in [-0.3, -0.25) is 0 Å². The van der Waals surface area contributed by atoms with Gasteiger partial charge in [-0.05, 0) is 42.3 Å². The van der Waals surface area contributed by atoms with Gasteiger partial charge in [0.1, 0.15) is 0 Å². The Kier molecular flexibility index (Phi) is 1.77. The molecule has 3 rings (SSSR count). The van der Waals surface area contributed by atoms with Crippen LogP contribution in [0.2, 0.25) is 0 Å². The van der Waals surface area contributed by atoms with Crippen molar-refractivity contribution in [3.63, 3.8) is 0 Å². The number of nitrogens with zero attached hydrogens (tertiary/aromatic N) is 4. The van der Waals surface area contributed by atoms with E-state index >= 15 is 0 Å². The van der Waals surface area contributed by atoms with Crippen LogP contribution in [0.15, 0.2) is 24.3 Å². The Balaban J connectivity index is 2.10. The van der Waals surface area contributed by atoms with Gasteiger partial charge in [0.2, 0.25) is 0 Å². The van der Waals surface area contributed by atoms with Crippen molar-refractivity contribution in [1.29, 1.82) is 0 Å². The lowest BCUT2D eigenvalue weighted by Gasteiger charge is -2.10. The Labute approximate surface area is 93.3 Å². The molecule has 2 aromatic rings. The van der Waals surface area contributed by atoms with Crippen LogP contribution >= 0.6 is 0 Å². The van der Waals surface area contributed by atoms with Crippen molar-refractivity contribution in [2.75, 3.05) is 5.73 Å². The van der Waals surface area contributed by atoms with Crippen LogP contribution in [0.25, 0.3) is 11.4 Å². The Morgan fingerprint density at radius 3 is 2.88 bits per heavy atom. The molecule has 0 spiro atoms. The predicted molar refractivity (Wildman–Crippen MR) is 60.5 cm³/mol. The molecule has 1 aliphatic carbocycles. The summed E-state index contributed by atoms with van der Waals surface area (Å²) in [5.41, 5.74) is 7.56. The summed E-state index contributed by atoms with van der Waals surface area (Å²) < 4.78 is 1.90. The summed E-state index contributed by atoms with van der Waals surface area (Å²) in [4.78, 5) is 0. The molecule has 0 saturated heterocycles. The Bertz CT molecular complexity index is 527. The van der Waals surface area contributed by atoms with Crippen molar-refractivity contribution in [1.82, 2.24) is 20.2 Å². The molecule has 0 radical (unpaired) electrons. The maximum Gasteiger partial charge on any atom is 0.182 e. The number of tetrazole rings is 1. The molecule has 1 aliphatic rings. The van der Waals surface area contributed by atoms with Crippen molar-refractivity contribution in [3.8, 4) is 11.4 Å². The van der Waals surface area contributed by atoms with E-state index in [4.69, 9.17) is 5.73 Å². The molecule has 0 amide bonds. The average molecular weight is 215 g/mol. The molecule has 5 nitrogen and oxygen atoms in total. The summed E-state index contributed by atoms with van der Waals surface area (Å²) in [6.45, 7) is 2.17. The fourth-order valence-electron chi connectivity index (χ4n) is 1.80. The van der Waals surface area contributed by atoms with Crippen LogP contribution in [0, 0.1) is 0 Å². The van der Waals surface area contributed by atoms with Gasteiger partial charge >= 0.3 is 0 Å². The molecule has 82 valence electrons. The minimum Gasteiger partial charge on any atom is -0.399 e. The second-order valence-electron chi connectivity index (χ2n) is 4.54. The third-order valence-corrected chi connectivity index (χ3v) is 3.10. The zero-order chi connectivity index (χ0) is 11.2. The van der Waals surface area contributed by atoms with Crippen LogP contribution in [-0.4, -0.2) is 20.2 Å². The zero-order valence-electron chi connectivity index (χ0n) is 9.09. The molecule has 0 atom stereocenters. The molecule has 1 fully saturated rings. The number of benzene rings is 1. The Morgan fingerprint density at radius 2 is 2.19 bits per heavy atom. The highest BCUT2D eigenvalue weighted by atomic mass is 15.6. The molecule has 2 N–H and O–H groups in total. The fourth-order valence-corrected chi connectivity index (χ4v) is 1.80. The number of anilines is 1. The number of nitrogen functional groups attached to an aromatic ring is 1. The molecule has 0 bridgehead atoms. The molecule has 1 heterocycles. The molecule has 0 aliphatic heterocycles. The lowest BCUT2D eigenvalue weighted by atomic mass is 10.2. The van der Waals surface area contributed by atoms with E-state index in [2.05, 4.69) is 22.4 Å². The molecular weight excluding hydrogens is 202 g/mol. The Hall–Kier alpha value is -1.91. The van der Waals surface area contributed by atoms with Crippen LogP contribution in [0.1, 0.15) is 19.8 Å². The van der Waals surface area contributed by atoms with E-state index in [0.29, 0.717) is 0 Å². The van der Waals surface area contributed by atoms with Gasteiger partial charge in [-0.25, -0.2) is 4.68 Å². The first-order valence-electron chi connectivity index (χ1n) is 5.34. The van der Waals surface area contributed by atoms with Gasteiger partial charge in [-0.15, -0.1) is 5.10 Å². The third-order valence-electron chi connectivity index (χ3n) is 3.10. The van der Waals surface area contributed by atoms with Crippen LogP contribution < -0.4 is 5.73 Å². The molecular formula is C11H13N5. The van der Waals surface area contributed by atoms with Crippen molar-refractivity contribution in [3.05, 3.63) is 24.3 Å². The first kappa shape index (κ1) is 9.33. The third kappa shape index (κ3) is 1.36. The van der Waals surface area contributed by atoms with Crippen molar-refractivity contribution in [2.45, 2.75) is 25.3 Å². The summed E-state index contributed by atoms with van der Waals surface area (Å²) in [5.74, 6) is 0.798. The number of hydrogen-bond acceptors (Lipinski definition) is 4. The summed E-state index contributed by atoms with van der Waals surface area (Å²) in [7, 11) is 0. The lowest BCUT2D eigenvalue weighted by Crippen LogP contribution is -2.15. The summed E-state index contributed by atoms with van der Waals surface area (Å²) in [5, 5.41) is 11.9. The van der Waals surface area contributed by atoms with E-state index in [1.807, 2.05) is 28.9 Å². The predicted octanol–water partition coefficient (Wildman–Crippen LogP) is 1.43. The van der Waals surface area contributed by atoms with Crippen LogP contribution in [0.5, 0.6) is 0 Å². The molecule has 1 aromatic heterocycles. The number of rotatable bonds is 2. The minimum absolute atomic E-state index is 0.101. The first-order chi connectivity index (χ1) is 7.69. The van der Waals surface area contributed by atoms with Gasteiger partial charge < -0.3 is 5.73 Å². The van der Waals surface area contributed by atoms with Crippen LogP contribution in [0.4, 0.5) is 5.69 Å². The highest BCUT2D eigenvalue weighted by molar-refractivity contribution is 5.61. The lowest BCUT2D eigenvalue weighted by molar-refractivity contribution is 0.463. The largest absolute Gasteiger partial charge is 0.399 e. The van der Waals surface area contributed by atoms with Gasteiger partial charge in [-0.2, -0.15) is 0 Å². The number of aromatic nitrogens is 4. The van der Waals surface area contributed by atoms with E-state index < -0.39 is 0 Å². The average Bonchev–Trinajstić information content (AvgIpc) is 2.83. The maximum absolute atomic E-state index is 5.76. The maximum atomic E-state index is 5.76. The monoisotopic (exact) mass is 215 g/mol. The zero-order valence-corrected chi connectivity index (χ0v) is 9.09. The topological polar surface area (TPSA) is 69.6 Å². The second kappa shape index (κ2) is 3.04. The molecule has 0 unspecified atom stereocenters. The van der Waals surface area contributed by atoms with Crippen LogP contribution in [-0.2, 0) is 5.54 Å². The molecule has 1 saturated carbocycles. The van der Waals surface area contributed by atoms with E-state index in [-0.39, 0.29) is 5.54 Å². The van der Waals surface area contributed by atoms with Crippen molar-refractivity contribution in [2.24, 2.45) is 0 Å². The second-order valence-corrected chi connectivity index (χ2v) is 4.54. The normalized spacial score (nSPS) is 17.3. The SMILES string of the molecule is CC1(n2nnnc2-c2cccc(N)c2)CC1. The highest BCUT2D eigenvalue weighted by Gasteiger charge is 2.42. The number of hydrogen-bond donors (Lipinski definition) is 1. The van der Waals surface area contributed by atoms with Gasteiger partial charge in [0.15, 0.2) is 5.82 Å². The molecule has 1 aromatic carbocycles. The van der Waals surface area contributed by atoms with Gasteiger partial charge in [0.05, 0.1) is 5.54 Å². The summed E-state index contributed by atoms with van der Waals surface area (Å²) in [6.07, 6.45) is 2.26. The summed E-state index contributed by atoms with van der Waals surface area (Å²) >= 11 is 0. The molecule has 5 heteroatoms. The van der Waals surface area contributed by atoms with E-state index in [9.17, 15) is 0 Å². The fraction of sp³-hybridized carbons (Fsp3) is 0.364.